The van der Waals surface area contributed by atoms with Crippen LogP contribution in [0.5, 0.6) is 0 Å². The zero-order valence-electron chi connectivity index (χ0n) is 12.7. The second-order valence-corrected chi connectivity index (χ2v) is 6.76. The molecule has 1 saturated carbocycles. The van der Waals surface area contributed by atoms with Gasteiger partial charge >= 0.3 is 6.09 Å². The van der Waals surface area contributed by atoms with Gasteiger partial charge in [-0.25, -0.2) is 10.3 Å². The van der Waals surface area contributed by atoms with Crippen molar-refractivity contribution in [3.63, 3.8) is 0 Å². The van der Waals surface area contributed by atoms with Crippen molar-refractivity contribution in [2.24, 2.45) is 11.3 Å². The number of carbonyl (C=O) groups is 2. The van der Waals surface area contributed by atoms with Crippen molar-refractivity contribution in [3.05, 3.63) is 0 Å². The lowest BCUT2D eigenvalue weighted by Crippen LogP contribution is -2.43. The molecule has 2 amide bonds. The number of piperidine rings is 1. The van der Waals surface area contributed by atoms with Gasteiger partial charge in [-0.1, -0.05) is 0 Å². The molecule has 1 heterocycles. The van der Waals surface area contributed by atoms with Crippen LogP contribution < -0.4 is 5.48 Å². The number of rotatable bonds is 2. The molecule has 1 N–H and O–H groups in total. The van der Waals surface area contributed by atoms with Crippen LogP contribution in [0.4, 0.5) is 4.79 Å². The minimum absolute atomic E-state index is 0.0308. The Labute approximate surface area is 119 Å². The Morgan fingerprint density at radius 2 is 1.85 bits per heavy atom. The lowest BCUT2D eigenvalue weighted by Gasteiger charge is -2.34. The monoisotopic (exact) mass is 284 g/mol. The second kappa shape index (κ2) is 5.24. The highest BCUT2D eigenvalue weighted by atomic mass is 16.6. The van der Waals surface area contributed by atoms with Crippen LogP contribution in [0.1, 0.15) is 40.0 Å². The van der Waals surface area contributed by atoms with Crippen LogP contribution in [0.2, 0.25) is 0 Å². The molecule has 114 valence electrons. The number of hydrogen-bond acceptors (Lipinski definition) is 4. The summed E-state index contributed by atoms with van der Waals surface area (Å²) < 4.78 is 5.37. The fourth-order valence-electron chi connectivity index (χ4n) is 2.90. The number of amides is 2. The molecular formula is C14H24N2O4. The van der Waals surface area contributed by atoms with Crippen LogP contribution in [0.3, 0.4) is 0 Å². The maximum absolute atomic E-state index is 12.0. The van der Waals surface area contributed by atoms with Crippen molar-refractivity contribution in [3.8, 4) is 0 Å². The number of hydroxylamine groups is 1. The Balaban J connectivity index is 1.82. The van der Waals surface area contributed by atoms with Gasteiger partial charge in [-0.2, -0.15) is 0 Å². The third-order valence-electron chi connectivity index (χ3n) is 4.12. The first-order valence-corrected chi connectivity index (χ1v) is 7.08. The summed E-state index contributed by atoms with van der Waals surface area (Å²) in [6.45, 7) is 6.91. The first kappa shape index (κ1) is 15.1. The largest absolute Gasteiger partial charge is 0.444 e. The molecule has 1 saturated heterocycles. The minimum atomic E-state index is -0.466. The molecule has 0 radical (unpaired) electrons. The Morgan fingerprint density at radius 1 is 1.25 bits per heavy atom. The smallest absolute Gasteiger partial charge is 0.410 e. The van der Waals surface area contributed by atoms with Crippen LogP contribution in [-0.4, -0.2) is 42.7 Å². The number of nitrogens with zero attached hydrogens (tertiary/aromatic N) is 1. The first-order chi connectivity index (χ1) is 9.27. The highest BCUT2D eigenvalue weighted by Crippen LogP contribution is 2.59. The highest BCUT2D eigenvalue weighted by Gasteiger charge is 2.59. The molecule has 2 aliphatic rings. The summed E-state index contributed by atoms with van der Waals surface area (Å²) in [7, 11) is 1.44. The maximum atomic E-state index is 12.0. The first-order valence-electron chi connectivity index (χ1n) is 7.08. The molecule has 1 spiro atoms. The van der Waals surface area contributed by atoms with Crippen molar-refractivity contribution < 1.29 is 19.2 Å². The van der Waals surface area contributed by atoms with Crippen LogP contribution in [0.25, 0.3) is 0 Å². The molecule has 2 rings (SSSR count). The Kier molecular flexibility index (Phi) is 3.95. The zero-order chi connectivity index (χ0) is 15.0. The van der Waals surface area contributed by atoms with Crippen molar-refractivity contribution in [2.45, 2.75) is 45.6 Å². The third kappa shape index (κ3) is 3.23. The molecule has 6 nitrogen and oxygen atoms in total. The van der Waals surface area contributed by atoms with E-state index in [-0.39, 0.29) is 23.3 Å². The molecule has 20 heavy (non-hydrogen) atoms. The van der Waals surface area contributed by atoms with Crippen LogP contribution >= 0.6 is 0 Å². The molecule has 6 heteroatoms. The normalized spacial score (nSPS) is 24.4. The number of ether oxygens (including phenoxy) is 1. The topological polar surface area (TPSA) is 67.9 Å². The van der Waals surface area contributed by atoms with E-state index in [0.29, 0.717) is 13.1 Å². The van der Waals surface area contributed by atoms with E-state index in [0.717, 1.165) is 19.3 Å². The lowest BCUT2D eigenvalue weighted by molar-refractivity contribution is -0.133. The van der Waals surface area contributed by atoms with Gasteiger partial charge in [-0.05, 0) is 45.4 Å². The van der Waals surface area contributed by atoms with Crippen molar-refractivity contribution in [1.82, 2.24) is 10.4 Å². The van der Waals surface area contributed by atoms with E-state index >= 15 is 0 Å². The van der Waals surface area contributed by atoms with E-state index in [9.17, 15) is 9.59 Å². The zero-order valence-corrected chi connectivity index (χ0v) is 12.7. The molecule has 0 aromatic heterocycles. The molecule has 0 bridgehead atoms. The molecule has 1 aliphatic heterocycles. The van der Waals surface area contributed by atoms with Gasteiger partial charge in [0.05, 0.1) is 7.11 Å². The van der Waals surface area contributed by atoms with E-state index in [4.69, 9.17) is 4.74 Å². The predicted octanol–water partition coefficient (Wildman–Crippen LogP) is 1.70. The predicted molar refractivity (Wildman–Crippen MR) is 72.7 cm³/mol. The van der Waals surface area contributed by atoms with Gasteiger partial charge in [0.1, 0.15) is 5.60 Å². The van der Waals surface area contributed by atoms with Gasteiger partial charge in [-0.15, -0.1) is 0 Å². The summed E-state index contributed by atoms with van der Waals surface area (Å²) in [5.74, 6) is -0.0125. The molecule has 1 atom stereocenters. The molecular weight excluding hydrogens is 260 g/mol. The highest BCUT2D eigenvalue weighted by molar-refractivity contribution is 5.81. The van der Waals surface area contributed by atoms with E-state index in [2.05, 4.69) is 10.3 Å². The third-order valence-corrected chi connectivity index (χ3v) is 4.12. The second-order valence-electron chi connectivity index (χ2n) is 6.76. The van der Waals surface area contributed by atoms with Gasteiger partial charge in [0.25, 0.3) is 0 Å². The summed E-state index contributed by atoms with van der Waals surface area (Å²) in [5.41, 5.74) is 2.00. The Hall–Kier alpha value is -1.30. The summed E-state index contributed by atoms with van der Waals surface area (Å²) >= 11 is 0. The molecule has 0 unspecified atom stereocenters. The average Bonchev–Trinajstić information content (AvgIpc) is 3.02. The van der Waals surface area contributed by atoms with E-state index in [1.807, 2.05) is 20.8 Å². The van der Waals surface area contributed by atoms with Gasteiger partial charge in [0, 0.05) is 19.0 Å². The van der Waals surface area contributed by atoms with Crippen LogP contribution in [0.15, 0.2) is 0 Å². The SMILES string of the molecule is CONC(=O)[C@@H]1CC12CCN(C(=O)OC(C)(C)C)CC2. The molecule has 0 aromatic carbocycles. The van der Waals surface area contributed by atoms with E-state index in [1.165, 1.54) is 7.11 Å². The van der Waals surface area contributed by atoms with Gasteiger partial charge < -0.3 is 9.64 Å². The molecule has 2 fully saturated rings. The summed E-state index contributed by atoms with van der Waals surface area (Å²) in [5, 5.41) is 0. The fraction of sp³-hybridized carbons (Fsp3) is 0.857. The molecule has 0 aromatic rings. The number of likely N-dealkylation sites (tertiary alicyclic amines) is 1. The van der Waals surface area contributed by atoms with Gasteiger partial charge in [0.15, 0.2) is 0 Å². The summed E-state index contributed by atoms with van der Waals surface area (Å²) in [6.07, 6.45) is 2.35. The summed E-state index contributed by atoms with van der Waals surface area (Å²) in [6, 6.07) is 0. The standard InChI is InChI=1S/C14H24N2O4/c1-13(2,3)20-12(18)16-7-5-14(6-8-16)9-10(14)11(17)15-19-4/h10H,5-9H2,1-4H3,(H,15,17)/t10-/m0/s1. The number of carbonyl (C=O) groups excluding carboxylic acids is 2. The van der Waals surface area contributed by atoms with Gasteiger partial charge in [0.2, 0.25) is 5.91 Å². The van der Waals surface area contributed by atoms with E-state index in [1.54, 1.807) is 4.90 Å². The number of nitrogens with one attached hydrogen (secondary N) is 1. The Morgan fingerprint density at radius 3 is 2.35 bits per heavy atom. The van der Waals surface area contributed by atoms with Crippen molar-refractivity contribution >= 4 is 12.0 Å². The van der Waals surface area contributed by atoms with Gasteiger partial charge in [-0.3, -0.25) is 9.63 Å². The molecule has 1 aliphatic carbocycles. The average molecular weight is 284 g/mol. The number of hydrogen-bond donors (Lipinski definition) is 1. The minimum Gasteiger partial charge on any atom is -0.444 e. The lowest BCUT2D eigenvalue weighted by atomic mass is 9.91. The maximum Gasteiger partial charge on any atom is 0.410 e. The van der Waals surface area contributed by atoms with Crippen molar-refractivity contribution in [1.29, 1.82) is 0 Å². The van der Waals surface area contributed by atoms with Crippen LogP contribution in [0, 0.1) is 11.3 Å². The fourth-order valence-corrected chi connectivity index (χ4v) is 2.90. The van der Waals surface area contributed by atoms with Crippen LogP contribution in [-0.2, 0) is 14.4 Å². The summed E-state index contributed by atoms with van der Waals surface area (Å²) in [4.78, 5) is 30.1. The quantitative estimate of drug-likeness (QED) is 0.784. The van der Waals surface area contributed by atoms with Crippen molar-refractivity contribution in [2.75, 3.05) is 20.2 Å². The van der Waals surface area contributed by atoms with E-state index < -0.39 is 5.60 Å². The Bertz CT molecular complexity index is 394.